The first-order chi connectivity index (χ1) is 12.5. The summed E-state index contributed by atoms with van der Waals surface area (Å²) in [7, 11) is 3.55. The number of benzene rings is 1. The zero-order valence-electron chi connectivity index (χ0n) is 16.0. The first-order valence-electron chi connectivity index (χ1n) is 9.69. The molecule has 3 rings (SSSR count). The molecule has 0 saturated carbocycles. The number of likely N-dealkylation sites (N-methyl/N-ethyl adjacent to an activating group) is 1. The van der Waals surface area contributed by atoms with Crippen molar-refractivity contribution in [2.24, 2.45) is 0 Å². The van der Waals surface area contributed by atoms with Crippen LogP contribution in [0.3, 0.4) is 0 Å². The van der Waals surface area contributed by atoms with Gasteiger partial charge in [0.25, 0.3) is 0 Å². The van der Waals surface area contributed by atoms with E-state index in [9.17, 15) is 9.90 Å². The number of anilines is 1. The molecule has 2 atom stereocenters. The van der Waals surface area contributed by atoms with E-state index in [0.29, 0.717) is 19.1 Å². The zero-order valence-corrected chi connectivity index (χ0v) is 16.0. The van der Waals surface area contributed by atoms with E-state index >= 15 is 0 Å². The third-order valence-corrected chi connectivity index (χ3v) is 5.59. The zero-order chi connectivity index (χ0) is 18.5. The molecule has 0 aromatic heterocycles. The van der Waals surface area contributed by atoms with Gasteiger partial charge in [-0.3, -0.25) is 9.69 Å². The molecule has 6 heteroatoms. The van der Waals surface area contributed by atoms with Crippen LogP contribution in [-0.2, 0) is 4.79 Å². The van der Waals surface area contributed by atoms with Crippen LogP contribution >= 0.6 is 0 Å². The maximum atomic E-state index is 11.8. The predicted octanol–water partition coefficient (Wildman–Crippen LogP) is 0.768. The molecule has 1 aromatic rings. The number of aliphatic hydroxyl groups is 1. The largest absolute Gasteiger partial charge is 0.390 e. The number of para-hydroxylation sites is 1. The van der Waals surface area contributed by atoms with E-state index in [-0.39, 0.29) is 11.9 Å². The molecule has 2 fully saturated rings. The Morgan fingerprint density at radius 1 is 1.15 bits per heavy atom. The van der Waals surface area contributed by atoms with Gasteiger partial charge in [0, 0.05) is 58.0 Å². The molecular formula is C20H32N4O2. The normalized spacial score (nSPS) is 25.3. The summed E-state index contributed by atoms with van der Waals surface area (Å²) in [4.78, 5) is 17.9. The van der Waals surface area contributed by atoms with Gasteiger partial charge in [0.1, 0.15) is 0 Å². The Bertz CT molecular complexity index is 572. The number of hydrogen-bond acceptors (Lipinski definition) is 5. The van der Waals surface area contributed by atoms with Crippen molar-refractivity contribution in [3.8, 4) is 0 Å². The first kappa shape index (κ1) is 19.1. The van der Waals surface area contributed by atoms with Gasteiger partial charge in [-0.05, 0) is 31.4 Å². The average molecular weight is 361 g/mol. The summed E-state index contributed by atoms with van der Waals surface area (Å²) in [5.74, 6) is 0.0943. The van der Waals surface area contributed by atoms with Gasteiger partial charge in [0.15, 0.2) is 0 Å². The standard InChI is InChI=1S/C20H32N4O2/c1-22(2)20(26)15-23-11-10-18(19(25)14-23)21-16-8-12-24(13-9-16)17-6-4-3-5-7-17/h3-7,16,18-19,21,25H,8-15H2,1-2H3/t18-,19-/m1/s1. The summed E-state index contributed by atoms with van der Waals surface area (Å²) < 4.78 is 0. The molecule has 1 amide bonds. The molecule has 1 aromatic carbocycles. The summed E-state index contributed by atoms with van der Waals surface area (Å²) in [5.41, 5.74) is 1.30. The minimum Gasteiger partial charge on any atom is -0.390 e. The molecule has 0 unspecified atom stereocenters. The van der Waals surface area contributed by atoms with Crippen molar-refractivity contribution >= 4 is 11.6 Å². The van der Waals surface area contributed by atoms with E-state index in [4.69, 9.17) is 0 Å². The molecule has 2 N–H and O–H groups in total. The van der Waals surface area contributed by atoms with Crippen LogP contribution in [0.5, 0.6) is 0 Å². The molecule has 0 bridgehead atoms. The first-order valence-corrected chi connectivity index (χ1v) is 9.69. The van der Waals surface area contributed by atoms with Gasteiger partial charge in [0.2, 0.25) is 5.91 Å². The molecule has 6 nitrogen and oxygen atoms in total. The molecule has 2 heterocycles. The second kappa shape index (κ2) is 8.84. The van der Waals surface area contributed by atoms with Crippen LogP contribution in [0.2, 0.25) is 0 Å². The second-order valence-corrected chi connectivity index (χ2v) is 7.75. The van der Waals surface area contributed by atoms with Crippen LogP contribution in [0.15, 0.2) is 30.3 Å². The smallest absolute Gasteiger partial charge is 0.236 e. The number of piperidine rings is 2. The Morgan fingerprint density at radius 3 is 2.46 bits per heavy atom. The van der Waals surface area contributed by atoms with Crippen LogP contribution in [0.1, 0.15) is 19.3 Å². The average Bonchev–Trinajstić information content (AvgIpc) is 2.65. The van der Waals surface area contributed by atoms with E-state index in [1.165, 1.54) is 5.69 Å². The lowest BCUT2D eigenvalue weighted by Gasteiger charge is -2.40. The van der Waals surface area contributed by atoms with Gasteiger partial charge in [-0.2, -0.15) is 0 Å². The molecule has 144 valence electrons. The number of rotatable bonds is 5. The van der Waals surface area contributed by atoms with Crippen molar-refractivity contribution < 1.29 is 9.90 Å². The van der Waals surface area contributed by atoms with E-state index in [0.717, 1.165) is 38.9 Å². The highest BCUT2D eigenvalue weighted by Crippen LogP contribution is 2.21. The van der Waals surface area contributed by atoms with Crippen LogP contribution in [-0.4, -0.2) is 85.8 Å². The SMILES string of the molecule is CN(C)C(=O)CN1CC[C@@H](NC2CCN(c3ccccc3)CC2)[C@H](O)C1. The summed E-state index contributed by atoms with van der Waals surface area (Å²) in [6, 6.07) is 11.2. The van der Waals surface area contributed by atoms with Gasteiger partial charge in [-0.15, -0.1) is 0 Å². The monoisotopic (exact) mass is 360 g/mol. The molecular weight excluding hydrogens is 328 g/mol. The highest BCUT2D eigenvalue weighted by molar-refractivity contribution is 5.77. The van der Waals surface area contributed by atoms with Crippen molar-refractivity contribution in [1.29, 1.82) is 0 Å². The van der Waals surface area contributed by atoms with E-state index in [1.54, 1.807) is 19.0 Å². The fraction of sp³-hybridized carbons (Fsp3) is 0.650. The second-order valence-electron chi connectivity index (χ2n) is 7.75. The van der Waals surface area contributed by atoms with E-state index < -0.39 is 6.10 Å². The Morgan fingerprint density at radius 2 is 1.85 bits per heavy atom. The number of aliphatic hydroxyl groups excluding tert-OH is 1. The van der Waals surface area contributed by atoms with Gasteiger partial charge in [-0.1, -0.05) is 18.2 Å². The third kappa shape index (κ3) is 4.96. The molecule has 0 radical (unpaired) electrons. The number of carbonyl (C=O) groups is 1. The summed E-state index contributed by atoms with van der Waals surface area (Å²) in [5, 5.41) is 14.2. The minimum absolute atomic E-state index is 0.0943. The predicted molar refractivity (Wildman–Crippen MR) is 104 cm³/mol. The fourth-order valence-electron chi connectivity index (χ4n) is 3.91. The van der Waals surface area contributed by atoms with Gasteiger partial charge in [-0.25, -0.2) is 0 Å². The van der Waals surface area contributed by atoms with Gasteiger partial charge >= 0.3 is 0 Å². The van der Waals surface area contributed by atoms with Crippen molar-refractivity contribution in [3.63, 3.8) is 0 Å². The number of carbonyl (C=O) groups excluding carboxylic acids is 1. The number of nitrogens with zero attached hydrogens (tertiary/aromatic N) is 3. The molecule has 2 saturated heterocycles. The Hall–Kier alpha value is -1.63. The number of likely N-dealkylation sites (tertiary alicyclic amines) is 1. The molecule has 2 aliphatic heterocycles. The van der Waals surface area contributed by atoms with E-state index in [2.05, 4.69) is 45.4 Å². The highest BCUT2D eigenvalue weighted by Gasteiger charge is 2.31. The van der Waals surface area contributed by atoms with E-state index in [1.807, 2.05) is 0 Å². The third-order valence-electron chi connectivity index (χ3n) is 5.59. The summed E-state index contributed by atoms with van der Waals surface area (Å²) in [6.07, 6.45) is 2.67. The lowest BCUT2D eigenvalue weighted by molar-refractivity contribution is -0.130. The van der Waals surface area contributed by atoms with Crippen LogP contribution in [0.4, 0.5) is 5.69 Å². The maximum Gasteiger partial charge on any atom is 0.236 e. The minimum atomic E-state index is -0.411. The lowest BCUT2D eigenvalue weighted by Crippen LogP contribution is -2.57. The van der Waals surface area contributed by atoms with Crippen molar-refractivity contribution in [1.82, 2.24) is 15.1 Å². The van der Waals surface area contributed by atoms with Crippen molar-refractivity contribution in [2.75, 3.05) is 51.7 Å². The molecule has 0 spiro atoms. The lowest BCUT2D eigenvalue weighted by atomic mass is 9.97. The van der Waals surface area contributed by atoms with Gasteiger partial charge in [0.05, 0.1) is 12.6 Å². The van der Waals surface area contributed by atoms with Crippen LogP contribution < -0.4 is 10.2 Å². The number of hydrogen-bond donors (Lipinski definition) is 2. The van der Waals surface area contributed by atoms with Crippen LogP contribution in [0.25, 0.3) is 0 Å². The number of nitrogens with one attached hydrogen (secondary N) is 1. The molecule has 0 aliphatic carbocycles. The van der Waals surface area contributed by atoms with Gasteiger partial charge < -0.3 is 20.2 Å². The topological polar surface area (TPSA) is 59.1 Å². The molecule has 26 heavy (non-hydrogen) atoms. The van der Waals surface area contributed by atoms with Crippen LogP contribution in [0, 0.1) is 0 Å². The van der Waals surface area contributed by atoms with Crippen molar-refractivity contribution in [3.05, 3.63) is 30.3 Å². The highest BCUT2D eigenvalue weighted by atomic mass is 16.3. The quantitative estimate of drug-likeness (QED) is 0.812. The Labute approximate surface area is 156 Å². The number of β-amino-alcohol motifs (C(OH)–C–C–N with tert-alkyl or cyclic N) is 1. The molecule has 2 aliphatic rings. The number of amides is 1. The Balaban J connectivity index is 1.42. The van der Waals surface area contributed by atoms with Crippen molar-refractivity contribution in [2.45, 2.75) is 37.5 Å². The summed E-state index contributed by atoms with van der Waals surface area (Å²) in [6.45, 7) is 3.92. The maximum absolute atomic E-state index is 11.8. The fourth-order valence-corrected chi connectivity index (χ4v) is 3.91. The summed E-state index contributed by atoms with van der Waals surface area (Å²) >= 11 is 0. The Kier molecular flexibility index (Phi) is 6.51.